The number of anilines is 1. The molecule has 1 unspecified atom stereocenters. The molecule has 2 aromatic heterocycles. The predicted octanol–water partition coefficient (Wildman–Crippen LogP) is 7.32. The highest BCUT2D eigenvalue weighted by atomic mass is 15.2. The summed E-state index contributed by atoms with van der Waals surface area (Å²) in [4.78, 5) is 13.9. The largest absolute Gasteiger partial charge is 0.348 e. The predicted molar refractivity (Wildman–Crippen MR) is 151 cm³/mol. The molecule has 0 amide bonds. The van der Waals surface area contributed by atoms with Crippen LogP contribution in [0.4, 0.5) is 5.95 Å². The lowest BCUT2D eigenvalue weighted by Crippen LogP contribution is -2.10. The van der Waals surface area contributed by atoms with Crippen LogP contribution in [0, 0.1) is 0 Å². The summed E-state index contributed by atoms with van der Waals surface area (Å²) >= 11 is 0. The number of benzene rings is 4. The van der Waals surface area contributed by atoms with E-state index in [0.717, 1.165) is 36.1 Å². The number of nitrogens with one attached hydrogen (secondary N) is 1. The first-order valence-electron chi connectivity index (χ1n) is 12.8. The Morgan fingerprint density at radius 3 is 2.38 bits per heavy atom. The van der Waals surface area contributed by atoms with Crippen molar-refractivity contribution in [2.24, 2.45) is 0 Å². The van der Waals surface area contributed by atoms with Gasteiger partial charge in [-0.2, -0.15) is 4.98 Å². The summed E-state index contributed by atoms with van der Waals surface area (Å²) in [7, 11) is 0. The fourth-order valence-electron chi connectivity index (χ4n) is 4.86. The molecule has 0 saturated carbocycles. The Hall–Kier alpha value is -4.51. The van der Waals surface area contributed by atoms with E-state index in [1.54, 1.807) is 6.20 Å². The highest BCUT2D eigenvalue weighted by Crippen LogP contribution is 2.22. The minimum absolute atomic E-state index is 0.105. The first kappa shape index (κ1) is 22.9. The van der Waals surface area contributed by atoms with Gasteiger partial charge < -0.3 is 5.32 Å². The zero-order valence-electron chi connectivity index (χ0n) is 20.9. The summed E-state index contributed by atoms with van der Waals surface area (Å²) in [5.41, 5.74) is 5.91. The fraction of sp³-hybridized carbons (Fsp3) is 0.156. The number of aryl methyl sites for hydroxylation is 2. The van der Waals surface area contributed by atoms with Gasteiger partial charge in [0, 0.05) is 6.20 Å². The van der Waals surface area contributed by atoms with E-state index in [0.29, 0.717) is 5.95 Å². The summed E-state index contributed by atoms with van der Waals surface area (Å²) in [5.74, 6) is 1.39. The van der Waals surface area contributed by atoms with Crippen molar-refractivity contribution in [3.8, 4) is 5.82 Å². The molecule has 0 aliphatic heterocycles. The molecule has 0 bridgehead atoms. The van der Waals surface area contributed by atoms with Crippen LogP contribution in [-0.2, 0) is 12.8 Å². The molecular weight excluding hydrogens is 454 g/mol. The molecule has 37 heavy (non-hydrogen) atoms. The number of hydrogen-bond acceptors (Lipinski definition) is 4. The van der Waals surface area contributed by atoms with Gasteiger partial charge in [0.05, 0.1) is 17.1 Å². The van der Waals surface area contributed by atoms with E-state index in [4.69, 9.17) is 4.98 Å². The standard InChI is InChI=1S/C32H29N5/c1-23(26-10-3-2-4-11-26)35-32-33-19-18-31(36-32)37-22-34-29-21-25(15-17-30(29)37)9-7-8-24-14-16-27-12-5-6-13-28(27)20-24/h2-6,10-23H,7-9H2,1H3,(H,33,35,36). The van der Waals surface area contributed by atoms with Crippen LogP contribution in [0.3, 0.4) is 0 Å². The smallest absolute Gasteiger partial charge is 0.225 e. The molecule has 1 atom stereocenters. The maximum Gasteiger partial charge on any atom is 0.225 e. The SMILES string of the molecule is CC(Nc1nccc(-n2cnc3cc(CCCc4ccc5ccccc5c4)ccc32)n1)c1ccccc1. The molecule has 0 radical (unpaired) electrons. The van der Waals surface area contributed by atoms with E-state index < -0.39 is 0 Å². The molecule has 0 aliphatic rings. The normalized spacial score (nSPS) is 12.1. The monoisotopic (exact) mass is 483 g/mol. The van der Waals surface area contributed by atoms with Crippen molar-refractivity contribution >= 4 is 27.8 Å². The third-order valence-electron chi connectivity index (χ3n) is 6.89. The van der Waals surface area contributed by atoms with Crippen molar-refractivity contribution in [3.05, 3.63) is 126 Å². The molecule has 6 rings (SSSR count). The van der Waals surface area contributed by atoms with Crippen molar-refractivity contribution in [2.75, 3.05) is 5.32 Å². The first-order valence-corrected chi connectivity index (χ1v) is 12.8. The van der Waals surface area contributed by atoms with Gasteiger partial charge in [-0.05, 0) is 71.8 Å². The highest BCUT2D eigenvalue weighted by molar-refractivity contribution is 5.83. The van der Waals surface area contributed by atoms with Crippen molar-refractivity contribution in [1.82, 2.24) is 19.5 Å². The average Bonchev–Trinajstić information content (AvgIpc) is 3.37. The molecule has 6 aromatic rings. The van der Waals surface area contributed by atoms with Gasteiger partial charge in [-0.25, -0.2) is 9.97 Å². The second-order valence-electron chi connectivity index (χ2n) is 9.49. The Bertz CT molecular complexity index is 1650. The Labute approximate surface area is 216 Å². The zero-order chi connectivity index (χ0) is 25.0. The van der Waals surface area contributed by atoms with Crippen LogP contribution in [0.2, 0.25) is 0 Å². The van der Waals surface area contributed by atoms with Gasteiger partial charge in [-0.1, -0.05) is 78.9 Å². The van der Waals surface area contributed by atoms with E-state index in [9.17, 15) is 0 Å². The van der Waals surface area contributed by atoms with E-state index in [2.05, 4.69) is 95.0 Å². The number of imidazole rings is 1. The van der Waals surface area contributed by atoms with Crippen LogP contribution in [0.1, 0.15) is 36.1 Å². The summed E-state index contributed by atoms with van der Waals surface area (Å²) in [5, 5.41) is 6.01. The number of nitrogens with zero attached hydrogens (tertiary/aromatic N) is 4. The minimum atomic E-state index is 0.105. The third-order valence-corrected chi connectivity index (χ3v) is 6.89. The lowest BCUT2D eigenvalue weighted by Gasteiger charge is -2.14. The summed E-state index contributed by atoms with van der Waals surface area (Å²) < 4.78 is 2.02. The van der Waals surface area contributed by atoms with Gasteiger partial charge >= 0.3 is 0 Å². The van der Waals surface area contributed by atoms with E-state index in [-0.39, 0.29) is 6.04 Å². The second-order valence-corrected chi connectivity index (χ2v) is 9.49. The van der Waals surface area contributed by atoms with E-state index in [1.165, 1.54) is 27.5 Å². The van der Waals surface area contributed by atoms with E-state index in [1.807, 2.05) is 35.2 Å². The van der Waals surface area contributed by atoms with Crippen LogP contribution in [0.5, 0.6) is 0 Å². The van der Waals surface area contributed by atoms with Gasteiger partial charge in [-0.15, -0.1) is 0 Å². The highest BCUT2D eigenvalue weighted by Gasteiger charge is 2.10. The van der Waals surface area contributed by atoms with E-state index >= 15 is 0 Å². The molecule has 0 spiro atoms. The summed E-state index contributed by atoms with van der Waals surface area (Å²) in [6.07, 6.45) is 6.82. The Balaban J connectivity index is 1.14. The van der Waals surface area contributed by atoms with Gasteiger partial charge in [0.25, 0.3) is 0 Å². The van der Waals surface area contributed by atoms with Crippen LogP contribution in [-0.4, -0.2) is 19.5 Å². The zero-order valence-corrected chi connectivity index (χ0v) is 20.9. The number of aromatic nitrogens is 4. The Morgan fingerprint density at radius 2 is 1.51 bits per heavy atom. The molecule has 0 aliphatic carbocycles. The van der Waals surface area contributed by atoms with Crippen LogP contribution in [0.25, 0.3) is 27.6 Å². The Kier molecular flexibility index (Phi) is 6.34. The van der Waals surface area contributed by atoms with Crippen LogP contribution < -0.4 is 5.32 Å². The van der Waals surface area contributed by atoms with Gasteiger partial charge in [0.2, 0.25) is 5.95 Å². The van der Waals surface area contributed by atoms with Crippen LogP contribution in [0.15, 0.2) is 110 Å². The summed E-state index contributed by atoms with van der Waals surface area (Å²) in [6.45, 7) is 2.11. The van der Waals surface area contributed by atoms with Gasteiger partial charge in [0.1, 0.15) is 12.1 Å². The molecule has 5 nitrogen and oxygen atoms in total. The third kappa shape index (κ3) is 5.07. The lowest BCUT2D eigenvalue weighted by atomic mass is 10.0. The van der Waals surface area contributed by atoms with Crippen molar-refractivity contribution < 1.29 is 0 Å². The number of rotatable bonds is 8. The fourth-order valence-corrected chi connectivity index (χ4v) is 4.86. The minimum Gasteiger partial charge on any atom is -0.348 e. The van der Waals surface area contributed by atoms with Gasteiger partial charge in [0.15, 0.2) is 0 Å². The first-order chi connectivity index (χ1) is 18.2. The maximum absolute atomic E-state index is 4.76. The van der Waals surface area contributed by atoms with Crippen LogP contribution >= 0.6 is 0 Å². The molecule has 182 valence electrons. The molecule has 0 fully saturated rings. The molecule has 1 N–H and O–H groups in total. The molecule has 4 aromatic carbocycles. The average molecular weight is 484 g/mol. The quantitative estimate of drug-likeness (QED) is 0.246. The lowest BCUT2D eigenvalue weighted by molar-refractivity contribution is 0.822. The molecule has 2 heterocycles. The number of hydrogen-bond donors (Lipinski definition) is 1. The maximum atomic E-state index is 4.76. The van der Waals surface area contributed by atoms with Crippen molar-refractivity contribution in [2.45, 2.75) is 32.2 Å². The van der Waals surface area contributed by atoms with Crippen molar-refractivity contribution in [1.29, 1.82) is 0 Å². The second kappa shape index (κ2) is 10.2. The van der Waals surface area contributed by atoms with Gasteiger partial charge in [-0.3, -0.25) is 4.57 Å². The topological polar surface area (TPSA) is 55.6 Å². The number of fused-ring (bicyclic) bond motifs is 2. The van der Waals surface area contributed by atoms with Crippen molar-refractivity contribution in [3.63, 3.8) is 0 Å². The summed E-state index contributed by atoms with van der Waals surface area (Å²) in [6, 6.07) is 34.2. The molecule has 0 saturated heterocycles. The molecular formula is C32H29N5. The Morgan fingerprint density at radius 1 is 0.757 bits per heavy atom. The molecule has 5 heteroatoms.